The van der Waals surface area contributed by atoms with Crippen LogP contribution < -0.4 is 5.48 Å². The van der Waals surface area contributed by atoms with Crippen LogP contribution in [0.3, 0.4) is 0 Å². The molecule has 0 aliphatic heterocycles. The summed E-state index contributed by atoms with van der Waals surface area (Å²) < 4.78 is 12.6. The van der Waals surface area contributed by atoms with Gasteiger partial charge in [0.2, 0.25) is 0 Å². The first-order chi connectivity index (χ1) is 6.27. The maximum atomic E-state index is 12.6. The van der Waals surface area contributed by atoms with Crippen molar-refractivity contribution in [1.29, 1.82) is 0 Å². The molecule has 3 nitrogen and oxygen atoms in total. The van der Waals surface area contributed by atoms with Gasteiger partial charge in [-0.25, -0.2) is 4.39 Å². The second-order valence-corrected chi connectivity index (χ2v) is 2.49. The van der Waals surface area contributed by atoms with Gasteiger partial charge in [0.25, 0.3) is 0 Å². The highest BCUT2D eigenvalue weighted by Crippen LogP contribution is 2.08. The molecule has 0 saturated carbocycles. The van der Waals surface area contributed by atoms with Gasteiger partial charge in [-0.1, -0.05) is 6.07 Å². The molecule has 0 bridgehead atoms. The number of hydrogen-bond acceptors (Lipinski definition) is 3. The lowest BCUT2D eigenvalue weighted by Gasteiger charge is -2.04. The van der Waals surface area contributed by atoms with Crippen molar-refractivity contribution < 1.29 is 14.0 Å². The highest BCUT2D eigenvalue weighted by molar-refractivity contribution is 5.77. The first-order valence-corrected chi connectivity index (χ1v) is 3.77. The van der Waals surface area contributed by atoms with Gasteiger partial charge in [0.15, 0.2) is 0 Å². The summed E-state index contributed by atoms with van der Waals surface area (Å²) in [6.45, 7) is 0.380. The van der Waals surface area contributed by atoms with Crippen LogP contribution in [0.2, 0.25) is 0 Å². The Balaban J connectivity index is 2.86. The molecule has 0 aliphatic rings. The van der Waals surface area contributed by atoms with Gasteiger partial charge in [0.05, 0.1) is 7.11 Å². The third-order valence-corrected chi connectivity index (χ3v) is 1.64. The number of carbonyl (C=O) groups excluding carboxylic acids is 1. The van der Waals surface area contributed by atoms with Crippen molar-refractivity contribution in [3.8, 4) is 0 Å². The van der Waals surface area contributed by atoms with Crippen molar-refractivity contribution in [1.82, 2.24) is 5.48 Å². The minimum absolute atomic E-state index is 0.338. The summed E-state index contributed by atoms with van der Waals surface area (Å²) in [7, 11) is 1.48. The van der Waals surface area contributed by atoms with Crippen LogP contribution in [0.15, 0.2) is 18.2 Å². The lowest BCUT2D eigenvalue weighted by molar-refractivity contribution is 0.0863. The molecule has 1 aromatic rings. The average Bonchev–Trinajstić information content (AvgIpc) is 2.16. The van der Waals surface area contributed by atoms with E-state index in [-0.39, 0.29) is 0 Å². The maximum Gasteiger partial charge on any atom is 0.150 e. The van der Waals surface area contributed by atoms with Gasteiger partial charge in [-0.15, -0.1) is 0 Å². The number of hydrogen-bond donors (Lipinski definition) is 1. The van der Waals surface area contributed by atoms with E-state index in [1.807, 2.05) is 0 Å². The molecule has 1 rings (SSSR count). The summed E-state index contributed by atoms with van der Waals surface area (Å²) in [4.78, 5) is 15.1. The number of halogens is 1. The standard InChI is InChI=1S/C9H10FNO2/c1-13-11-5-7-2-3-9(10)4-8(7)6-12/h2-4,6,11H,5H2,1H3. The van der Waals surface area contributed by atoms with Gasteiger partial charge in [0, 0.05) is 12.1 Å². The third-order valence-electron chi connectivity index (χ3n) is 1.64. The zero-order valence-electron chi connectivity index (χ0n) is 7.21. The summed E-state index contributed by atoms with van der Waals surface area (Å²) in [5.41, 5.74) is 3.62. The summed E-state index contributed by atoms with van der Waals surface area (Å²) >= 11 is 0. The van der Waals surface area contributed by atoms with E-state index in [0.717, 1.165) is 0 Å². The molecule has 0 heterocycles. The molecule has 0 spiro atoms. The Labute approximate surface area is 75.5 Å². The van der Waals surface area contributed by atoms with E-state index < -0.39 is 5.82 Å². The van der Waals surface area contributed by atoms with E-state index >= 15 is 0 Å². The van der Waals surface area contributed by atoms with E-state index in [9.17, 15) is 9.18 Å². The van der Waals surface area contributed by atoms with Crippen molar-refractivity contribution >= 4 is 6.29 Å². The number of rotatable bonds is 4. The van der Waals surface area contributed by atoms with E-state index in [4.69, 9.17) is 0 Å². The quantitative estimate of drug-likeness (QED) is 0.564. The number of hydroxylamine groups is 1. The molecule has 0 saturated heterocycles. The highest BCUT2D eigenvalue weighted by atomic mass is 19.1. The Bertz CT molecular complexity index is 302. The smallest absolute Gasteiger partial charge is 0.150 e. The molecule has 1 N–H and O–H groups in total. The third kappa shape index (κ3) is 2.61. The predicted molar refractivity (Wildman–Crippen MR) is 45.6 cm³/mol. The van der Waals surface area contributed by atoms with Crippen LogP contribution in [0.5, 0.6) is 0 Å². The van der Waals surface area contributed by atoms with Crippen LogP contribution >= 0.6 is 0 Å². The molecule has 0 unspecified atom stereocenters. The van der Waals surface area contributed by atoms with E-state index in [2.05, 4.69) is 10.3 Å². The van der Waals surface area contributed by atoms with Gasteiger partial charge in [-0.2, -0.15) is 5.48 Å². The Hall–Kier alpha value is -1.26. The van der Waals surface area contributed by atoms with Gasteiger partial charge in [-0.3, -0.25) is 4.79 Å². The molecule has 0 aromatic heterocycles. The highest BCUT2D eigenvalue weighted by Gasteiger charge is 2.02. The Morgan fingerprint density at radius 3 is 3.00 bits per heavy atom. The molecule has 13 heavy (non-hydrogen) atoms. The minimum atomic E-state index is -0.414. The predicted octanol–water partition coefficient (Wildman–Crippen LogP) is 1.29. The fraction of sp³-hybridized carbons (Fsp3) is 0.222. The molecular weight excluding hydrogens is 173 g/mol. The lowest BCUT2D eigenvalue weighted by atomic mass is 10.1. The van der Waals surface area contributed by atoms with E-state index in [1.165, 1.54) is 19.2 Å². The average molecular weight is 183 g/mol. The summed E-state index contributed by atoms with van der Waals surface area (Å²) in [6, 6.07) is 4.05. The SMILES string of the molecule is CONCc1ccc(F)cc1C=O. The van der Waals surface area contributed by atoms with Crippen molar-refractivity contribution in [3.63, 3.8) is 0 Å². The fourth-order valence-corrected chi connectivity index (χ4v) is 0.986. The van der Waals surface area contributed by atoms with Crippen LogP contribution in [-0.2, 0) is 11.4 Å². The number of aldehydes is 1. The second-order valence-electron chi connectivity index (χ2n) is 2.49. The van der Waals surface area contributed by atoms with Crippen molar-refractivity contribution in [2.24, 2.45) is 0 Å². The summed E-state index contributed by atoms with van der Waals surface area (Å²) in [6.07, 6.45) is 0.621. The molecule has 4 heteroatoms. The molecule has 0 amide bonds. The Morgan fingerprint density at radius 2 is 2.38 bits per heavy atom. The number of carbonyl (C=O) groups is 1. The monoisotopic (exact) mass is 183 g/mol. The molecule has 0 aliphatic carbocycles. The summed E-state index contributed by atoms with van der Waals surface area (Å²) in [5, 5.41) is 0. The maximum absolute atomic E-state index is 12.6. The molecule has 0 atom stereocenters. The Morgan fingerprint density at radius 1 is 1.62 bits per heavy atom. The molecular formula is C9H10FNO2. The van der Waals surface area contributed by atoms with Gasteiger partial charge in [0.1, 0.15) is 12.1 Å². The van der Waals surface area contributed by atoms with E-state index in [0.29, 0.717) is 24.0 Å². The zero-order chi connectivity index (χ0) is 9.68. The van der Waals surface area contributed by atoms with Gasteiger partial charge < -0.3 is 4.84 Å². The first-order valence-electron chi connectivity index (χ1n) is 3.77. The van der Waals surface area contributed by atoms with Crippen LogP contribution in [0.1, 0.15) is 15.9 Å². The van der Waals surface area contributed by atoms with Crippen molar-refractivity contribution in [2.45, 2.75) is 6.54 Å². The van der Waals surface area contributed by atoms with Gasteiger partial charge in [-0.05, 0) is 17.7 Å². The first kappa shape index (κ1) is 9.83. The van der Waals surface area contributed by atoms with Crippen molar-refractivity contribution in [2.75, 3.05) is 7.11 Å². The normalized spacial score (nSPS) is 10.0. The molecule has 70 valence electrons. The Kier molecular flexibility index (Phi) is 3.54. The summed E-state index contributed by atoms with van der Waals surface area (Å²) in [5.74, 6) is -0.414. The lowest BCUT2D eigenvalue weighted by Crippen LogP contribution is -2.12. The largest absolute Gasteiger partial charge is 0.305 e. The van der Waals surface area contributed by atoms with Crippen molar-refractivity contribution in [3.05, 3.63) is 35.1 Å². The number of nitrogens with one attached hydrogen (secondary N) is 1. The van der Waals surface area contributed by atoms with Crippen LogP contribution in [0.4, 0.5) is 4.39 Å². The van der Waals surface area contributed by atoms with Crippen LogP contribution in [0.25, 0.3) is 0 Å². The van der Waals surface area contributed by atoms with Crippen LogP contribution in [-0.4, -0.2) is 13.4 Å². The molecule has 0 fully saturated rings. The minimum Gasteiger partial charge on any atom is -0.305 e. The zero-order valence-corrected chi connectivity index (χ0v) is 7.21. The molecule has 0 radical (unpaired) electrons. The number of benzene rings is 1. The second kappa shape index (κ2) is 4.69. The fourth-order valence-electron chi connectivity index (χ4n) is 0.986. The van der Waals surface area contributed by atoms with E-state index in [1.54, 1.807) is 6.07 Å². The topological polar surface area (TPSA) is 38.3 Å². The van der Waals surface area contributed by atoms with Crippen LogP contribution in [0, 0.1) is 5.82 Å². The van der Waals surface area contributed by atoms with Gasteiger partial charge >= 0.3 is 0 Å². The molecule has 1 aromatic carbocycles.